The monoisotopic (exact) mass is 304 g/mol. The Bertz CT molecular complexity index is 375. The summed E-state index contributed by atoms with van der Waals surface area (Å²) in [6, 6.07) is 0. The van der Waals surface area contributed by atoms with Crippen molar-refractivity contribution in [3.63, 3.8) is 0 Å². The first kappa shape index (κ1) is 20.6. The van der Waals surface area contributed by atoms with Crippen LogP contribution in [0.3, 0.4) is 0 Å². The van der Waals surface area contributed by atoms with Crippen LogP contribution in [0.25, 0.3) is 0 Å². The third kappa shape index (κ3) is 15.0. The zero-order valence-corrected chi connectivity index (χ0v) is 14.1. The Morgan fingerprint density at radius 3 is 1.77 bits per heavy atom. The summed E-state index contributed by atoms with van der Waals surface area (Å²) in [6.07, 6.45) is 24.7. The molecular weight excluding hydrogens is 272 g/mol. The lowest BCUT2D eigenvalue weighted by molar-refractivity contribution is 0.209. The Hall–Kier alpha value is -1.38. The number of hydrogen-bond acceptors (Lipinski definition) is 2. The van der Waals surface area contributed by atoms with Crippen molar-refractivity contribution in [1.29, 1.82) is 0 Å². The second-order valence-corrected chi connectivity index (χ2v) is 5.25. The normalized spacial score (nSPS) is 16.0. The molecule has 0 aromatic rings. The summed E-state index contributed by atoms with van der Waals surface area (Å²) in [5.41, 5.74) is 0. The maximum Gasteiger partial charge on any atom is 0.0723 e. The van der Waals surface area contributed by atoms with Gasteiger partial charge in [0, 0.05) is 0 Å². The van der Waals surface area contributed by atoms with Crippen molar-refractivity contribution >= 4 is 0 Å². The molecule has 22 heavy (non-hydrogen) atoms. The van der Waals surface area contributed by atoms with Crippen LogP contribution < -0.4 is 0 Å². The van der Waals surface area contributed by atoms with Gasteiger partial charge >= 0.3 is 0 Å². The van der Waals surface area contributed by atoms with Crippen LogP contribution in [0.15, 0.2) is 60.8 Å². The van der Waals surface area contributed by atoms with E-state index in [9.17, 15) is 10.2 Å². The van der Waals surface area contributed by atoms with Crippen molar-refractivity contribution in [1.82, 2.24) is 0 Å². The average molecular weight is 304 g/mol. The molecule has 0 aromatic heterocycles. The lowest BCUT2D eigenvalue weighted by Crippen LogP contribution is -2.00. The number of hydrogen-bond donors (Lipinski definition) is 2. The van der Waals surface area contributed by atoms with E-state index >= 15 is 0 Å². The minimum absolute atomic E-state index is 0.315. The van der Waals surface area contributed by atoms with Gasteiger partial charge in [-0.25, -0.2) is 0 Å². The Labute approximate surface area is 136 Å². The van der Waals surface area contributed by atoms with Gasteiger partial charge in [0.15, 0.2) is 0 Å². The van der Waals surface area contributed by atoms with Crippen LogP contribution in [-0.2, 0) is 0 Å². The fourth-order valence-electron chi connectivity index (χ4n) is 1.69. The van der Waals surface area contributed by atoms with E-state index in [0.717, 1.165) is 38.5 Å². The van der Waals surface area contributed by atoms with Crippen molar-refractivity contribution in [2.24, 2.45) is 0 Å². The Morgan fingerprint density at radius 1 is 0.727 bits per heavy atom. The molecule has 0 aliphatic heterocycles. The van der Waals surface area contributed by atoms with Crippen LogP contribution in [-0.4, -0.2) is 22.4 Å². The highest BCUT2D eigenvalue weighted by molar-refractivity contribution is 5.09. The summed E-state index contributed by atoms with van der Waals surface area (Å²) in [6.45, 7) is 4.08. The largest absolute Gasteiger partial charge is 0.389 e. The minimum Gasteiger partial charge on any atom is -0.389 e. The van der Waals surface area contributed by atoms with Crippen LogP contribution in [0, 0.1) is 0 Å². The fraction of sp³-hybridized carbons (Fsp3) is 0.500. The third-order valence-corrected chi connectivity index (χ3v) is 3.14. The molecule has 0 aromatic carbocycles. The zero-order chi connectivity index (χ0) is 16.5. The maximum atomic E-state index is 9.61. The summed E-state index contributed by atoms with van der Waals surface area (Å²) in [5.74, 6) is 0. The molecule has 0 aliphatic rings. The van der Waals surface area contributed by atoms with Gasteiger partial charge in [-0.05, 0) is 25.7 Å². The molecule has 0 radical (unpaired) electrons. The molecule has 0 saturated carbocycles. The quantitative estimate of drug-likeness (QED) is 0.399. The summed E-state index contributed by atoms with van der Waals surface area (Å²) in [5, 5.41) is 18.9. The molecule has 0 rings (SSSR count). The van der Waals surface area contributed by atoms with E-state index in [2.05, 4.69) is 31.2 Å². The summed E-state index contributed by atoms with van der Waals surface area (Å²) in [7, 11) is 0. The molecule has 0 unspecified atom stereocenters. The van der Waals surface area contributed by atoms with E-state index < -0.39 is 0 Å². The zero-order valence-electron chi connectivity index (χ0n) is 14.1. The number of aliphatic hydroxyl groups is 2. The van der Waals surface area contributed by atoms with Crippen molar-refractivity contribution in [3.05, 3.63) is 60.8 Å². The Kier molecular flexibility index (Phi) is 15.0. The molecule has 0 saturated heterocycles. The third-order valence-electron chi connectivity index (χ3n) is 3.14. The van der Waals surface area contributed by atoms with Crippen molar-refractivity contribution in [2.75, 3.05) is 0 Å². The first-order valence-electron chi connectivity index (χ1n) is 8.38. The molecule has 124 valence electrons. The smallest absolute Gasteiger partial charge is 0.0723 e. The summed E-state index contributed by atoms with van der Waals surface area (Å²) in [4.78, 5) is 0. The van der Waals surface area contributed by atoms with E-state index in [1.807, 2.05) is 37.3 Å². The molecule has 2 nitrogen and oxygen atoms in total. The van der Waals surface area contributed by atoms with Crippen LogP contribution in [0.2, 0.25) is 0 Å². The van der Waals surface area contributed by atoms with Crippen molar-refractivity contribution in [3.8, 4) is 0 Å². The molecule has 2 N–H and O–H groups in total. The molecule has 2 atom stereocenters. The second-order valence-electron chi connectivity index (χ2n) is 5.25. The van der Waals surface area contributed by atoms with E-state index in [0.29, 0.717) is 0 Å². The average Bonchev–Trinajstić information content (AvgIpc) is 2.53. The van der Waals surface area contributed by atoms with Gasteiger partial charge in [-0.3, -0.25) is 0 Å². The van der Waals surface area contributed by atoms with Gasteiger partial charge < -0.3 is 10.2 Å². The molecule has 0 heterocycles. The predicted molar refractivity (Wildman–Crippen MR) is 96.8 cm³/mol. The van der Waals surface area contributed by atoms with Crippen molar-refractivity contribution < 1.29 is 10.2 Å². The van der Waals surface area contributed by atoms with E-state index in [4.69, 9.17) is 0 Å². The molecular formula is C20H32O2. The highest BCUT2D eigenvalue weighted by Crippen LogP contribution is 2.01. The summed E-state index contributed by atoms with van der Waals surface area (Å²) >= 11 is 0. The van der Waals surface area contributed by atoms with Crippen LogP contribution in [0.4, 0.5) is 0 Å². The molecule has 0 amide bonds. The van der Waals surface area contributed by atoms with Gasteiger partial charge in [0.2, 0.25) is 0 Å². The Morgan fingerprint density at radius 2 is 1.27 bits per heavy atom. The van der Waals surface area contributed by atoms with Gasteiger partial charge in [-0.1, -0.05) is 87.4 Å². The van der Waals surface area contributed by atoms with Gasteiger partial charge in [0.25, 0.3) is 0 Å². The molecule has 0 aliphatic carbocycles. The Balaban J connectivity index is 3.69. The van der Waals surface area contributed by atoms with Crippen LogP contribution in [0.5, 0.6) is 0 Å². The van der Waals surface area contributed by atoms with Crippen molar-refractivity contribution in [2.45, 2.75) is 64.6 Å². The number of aliphatic hydroxyl groups excluding tert-OH is 2. The number of allylic oxidation sites excluding steroid dienone is 8. The van der Waals surface area contributed by atoms with Gasteiger partial charge in [0.05, 0.1) is 12.2 Å². The lowest BCUT2D eigenvalue weighted by Gasteiger charge is -2.01. The van der Waals surface area contributed by atoms with Crippen LogP contribution >= 0.6 is 0 Å². The topological polar surface area (TPSA) is 40.5 Å². The maximum absolute atomic E-state index is 9.61. The first-order valence-corrected chi connectivity index (χ1v) is 8.38. The lowest BCUT2D eigenvalue weighted by atomic mass is 10.1. The molecule has 0 bridgehead atoms. The highest BCUT2D eigenvalue weighted by atomic mass is 16.3. The number of rotatable bonds is 12. The molecule has 0 fully saturated rings. The summed E-state index contributed by atoms with van der Waals surface area (Å²) < 4.78 is 0. The first-order chi connectivity index (χ1) is 10.7. The second kappa shape index (κ2) is 16.0. The van der Waals surface area contributed by atoms with Gasteiger partial charge in [0.1, 0.15) is 0 Å². The van der Waals surface area contributed by atoms with E-state index in [1.165, 1.54) is 0 Å². The SMILES string of the molecule is CCCC[C@H](O)/C=C/C=C\C/C=C\C/C=C\C=C\[C@@H](O)CC. The highest BCUT2D eigenvalue weighted by Gasteiger charge is 1.95. The fourth-order valence-corrected chi connectivity index (χ4v) is 1.69. The van der Waals surface area contributed by atoms with E-state index in [-0.39, 0.29) is 12.2 Å². The number of unbranched alkanes of at least 4 members (excludes halogenated alkanes) is 1. The van der Waals surface area contributed by atoms with Gasteiger partial charge in [-0.15, -0.1) is 0 Å². The standard InChI is InChI=1S/C20H32O2/c1-3-5-16-20(22)18-15-13-11-9-7-6-8-10-12-14-17-19(21)4-2/h6-7,10-15,17-22H,3-5,8-9,16H2,1-2H3/b7-6-,12-10-,13-11-,17-14+,18-15+/t19-,20-/m0/s1. The van der Waals surface area contributed by atoms with Gasteiger partial charge in [-0.2, -0.15) is 0 Å². The molecule has 2 heteroatoms. The van der Waals surface area contributed by atoms with Crippen LogP contribution in [0.1, 0.15) is 52.4 Å². The minimum atomic E-state index is -0.334. The predicted octanol–water partition coefficient (Wildman–Crippen LogP) is 4.87. The van der Waals surface area contributed by atoms with E-state index in [1.54, 1.807) is 6.08 Å². The molecule has 0 spiro atoms.